The van der Waals surface area contributed by atoms with Crippen LogP contribution in [0.2, 0.25) is 0 Å². The van der Waals surface area contributed by atoms with E-state index >= 15 is 0 Å². The van der Waals surface area contributed by atoms with Crippen molar-refractivity contribution >= 4 is 46.4 Å². The fourth-order valence-electron chi connectivity index (χ4n) is 6.99. The largest absolute Gasteiger partial charge is 0.112 e. The minimum absolute atomic E-state index is 1.21. The van der Waals surface area contributed by atoms with Crippen LogP contribution < -0.4 is 31.8 Å². The molecule has 0 saturated carbocycles. The monoisotopic (exact) mass is 622 g/mol. The summed E-state index contributed by atoms with van der Waals surface area (Å²) in [6, 6.07) is 68.0. The van der Waals surface area contributed by atoms with Crippen LogP contribution in [-0.4, -0.2) is 12.3 Å². The molecule has 0 aromatic heterocycles. The standard InChI is InChI=1S/C43H44P2/c1(2-22-36-44(38-24-10-4-11-25-38,39-26-12-5-13-27-39)40-28-14-6-15-29-40)3-23-37-45(41-30-16-7-17-31-41,42-32-18-8-19-33-42)43-34-20-9-21-35-43/h4-21,24-35H,1-3,22-23,36-37H2/q+2. The van der Waals surface area contributed by atoms with Crippen LogP contribution in [0.5, 0.6) is 0 Å². The molecule has 6 aromatic carbocycles. The van der Waals surface area contributed by atoms with Crippen LogP contribution in [0, 0.1) is 0 Å². The Bertz CT molecular complexity index is 1360. The first-order valence-electron chi connectivity index (χ1n) is 16.4. The normalized spacial score (nSPS) is 11.7. The highest BCUT2D eigenvalue weighted by molar-refractivity contribution is 7.96. The topological polar surface area (TPSA) is 0 Å². The minimum Gasteiger partial charge on any atom is -0.0620 e. The van der Waals surface area contributed by atoms with E-state index in [2.05, 4.69) is 182 Å². The third kappa shape index (κ3) is 6.89. The molecule has 45 heavy (non-hydrogen) atoms. The van der Waals surface area contributed by atoms with Gasteiger partial charge in [-0.1, -0.05) is 116 Å². The molecule has 0 aliphatic rings. The van der Waals surface area contributed by atoms with E-state index in [1.54, 1.807) is 0 Å². The Balaban J connectivity index is 1.19. The quantitative estimate of drug-likeness (QED) is 0.0841. The summed E-state index contributed by atoms with van der Waals surface area (Å²) in [5.41, 5.74) is 0. The van der Waals surface area contributed by atoms with E-state index in [0.29, 0.717) is 0 Å². The van der Waals surface area contributed by atoms with E-state index in [-0.39, 0.29) is 0 Å². The lowest BCUT2D eigenvalue weighted by atomic mass is 10.2. The average Bonchev–Trinajstić information content (AvgIpc) is 3.13. The predicted octanol–water partition coefficient (Wildman–Crippen LogP) is 8.93. The molecule has 0 N–H and O–H groups in total. The molecule has 0 bridgehead atoms. The third-order valence-corrected chi connectivity index (χ3v) is 18.2. The van der Waals surface area contributed by atoms with Crippen molar-refractivity contribution in [3.8, 4) is 0 Å². The zero-order valence-electron chi connectivity index (χ0n) is 26.2. The van der Waals surface area contributed by atoms with E-state index in [1.165, 1.54) is 76.3 Å². The Morgan fingerprint density at radius 1 is 0.222 bits per heavy atom. The average molecular weight is 623 g/mol. The molecule has 6 rings (SSSR count). The Morgan fingerprint density at radius 2 is 0.400 bits per heavy atom. The van der Waals surface area contributed by atoms with Crippen molar-refractivity contribution in [1.82, 2.24) is 0 Å². The first-order chi connectivity index (χ1) is 22.3. The summed E-state index contributed by atoms with van der Waals surface area (Å²) in [6.07, 6.45) is 8.70. The molecule has 0 aliphatic heterocycles. The van der Waals surface area contributed by atoms with Crippen LogP contribution in [-0.2, 0) is 0 Å². The molecule has 0 radical (unpaired) electrons. The van der Waals surface area contributed by atoms with Gasteiger partial charge in [0, 0.05) is 0 Å². The first-order valence-corrected chi connectivity index (χ1v) is 20.4. The second-order valence-electron chi connectivity index (χ2n) is 11.8. The predicted molar refractivity (Wildman–Crippen MR) is 203 cm³/mol. The molecule has 0 fully saturated rings. The molecule has 0 unspecified atom stereocenters. The SMILES string of the molecule is c1ccc([P+](CCCCCCC[P+](c2ccccc2)(c2ccccc2)c2ccccc2)(c2ccccc2)c2ccccc2)cc1. The molecule has 2 heteroatoms. The van der Waals surface area contributed by atoms with Gasteiger partial charge in [-0.15, -0.1) is 0 Å². The molecule has 0 nitrogen and oxygen atoms in total. The maximum absolute atomic E-state index is 2.37. The van der Waals surface area contributed by atoms with Crippen LogP contribution in [0.4, 0.5) is 0 Å². The van der Waals surface area contributed by atoms with Gasteiger partial charge in [0.2, 0.25) is 0 Å². The smallest absolute Gasteiger partial charge is 0.0620 e. The van der Waals surface area contributed by atoms with Crippen molar-refractivity contribution in [3.05, 3.63) is 182 Å². The molecule has 0 aliphatic carbocycles. The van der Waals surface area contributed by atoms with Crippen LogP contribution >= 0.6 is 14.5 Å². The second kappa shape index (κ2) is 15.5. The second-order valence-corrected chi connectivity index (χ2v) is 19.1. The van der Waals surface area contributed by atoms with Crippen molar-refractivity contribution in [2.24, 2.45) is 0 Å². The summed E-state index contributed by atoms with van der Waals surface area (Å²) in [6.45, 7) is 0. The molecule has 0 heterocycles. The summed E-state index contributed by atoms with van der Waals surface area (Å²) in [5.74, 6) is 0. The lowest BCUT2D eigenvalue weighted by Gasteiger charge is -2.28. The van der Waals surface area contributed by atoms with Crippen molar-refractivity contribution in [3.63, 3.8) is 0 Å². The third-order valence-electron chi connectivity index (χ3n) is 9.17. The van der Waals surface area contributed by atoms with Gasteiger partial charge in [0.05, 0.1) is 12.3 Å². The molecule has 6 aromatic rings. The van der Waals surface area contributed by atoms with E-state index < -0.39 is 14.5 Å². The van der Waals surface area contributed by atoms with Crippen LogP contribution in [0.3, 0.4) is 0 Å². The number of benzene rings is 6. The lowest BCUT2D eigenvalue weighted by molar-refractivity contribution is 0.660. The Kier molecular flexibility index (Phi) is 10.7. The molecular weight excluding hydrogens is 578 g/mol. The van der Waals surface area contributed by atoms with Crippen molar-refractivity contribution in [2.75, 3.05) is 12.3 Å². The van der Waals surface area contributed by atoms with Crippen LogP contribution in [0.25, 0.3) is 0 Å². The molecule has 0 amide bonds. The summed E-state index contributed by atoms with van der Waals surface area (Å²) < 4.78 is 0. The van der Waals surface area contributed by atoms with Gasteiger partial charge in [-0.2, -0.15) is 0 Å². The fraction of sp³-hybridized carbons (Fsp3) is 0.163. The summed E-state index contributed by atoms with van der Waals surface area (Å²) in [5, 5.41) is 8.95. The number of unbranched alkanes of at least 4 members (excludes halogenated alkanes) is 4. The number of hydrogen-bond acceptors (Lipinski definition) is 0. The highest BCUT2D eigenvalue weighted by Gasteiger charge is 2.45. The molecule has 0 atom stereocenters. The number of rotatable bonds is 14. The van der Waals surface area contributed by atoms with Gasteiger partial charge in [-0.3, -0.25) is 0 Å². The van der Waals surface area contributed by atoms with Gasteiger partial charge in [0.25, 0.3) is 0 Å². The van der Waals surface area contributed by atoms with Crippen molar-refractivity contribution in [1.29, 1.82) is 0 Å². The Hall–Kier alpha value is -3.82. The number of hydrogen-bond donors (Lipinski definition) is 0. The fourth-order valence-corrected chi connectivity index (χ4v) is 15.8. The molecule has 0 spiro atoms. The molecule has 0 saturated heterocycles. The summed E-state index contributed by atoms with van der Waals surface area (Å²) >= 11 is 0. The summed E-state index contributed by atoms with van der Waals surface area (Å²) in [4.78, 5) is 0. The van der Waals surface area contributed by atoms with E-state index in [1.807, 2.05) is 0 Å². The zero-order chi connectivity index (χ0) is 30.6. The van der Waals surface area contributed by atoms with E-state index in [4.69, 9.17) is 0 Å². The van der Waals surface area contributed by atoms with Crippen LogP contribution in [0.1, 0.15) is 32.1 Å². The highest BCUT2D eigenvalue weighted by Crippen LogP contribution is 2.57. The van der Waals surface area contributed by atoms with Gasteiger partial charge in [0.1, 0.15) is 46.4 Å². The Labute approximate surface area is 271 Å². The van der Waals surface area contributed by atoms with Gasteiger partial charge in [-0.25, -0.2) is 0 Å². The van der Waals surface area contributed by atoms with E-state index in [9.17, 15) is 0 Å². The zero-order valence-corrected chi connectivity index (χ0v) is 28.0. The highest BCUT2D eigenvalue weighted by atomic mass is 31.2. The van der Waals surface area contributed by atoms with Crippen molar-refractivity contribution < 1.29 is 0 Å². The van der Waals surface area contributed by atoms with Gasteiger partial charge in [-0.05, 0) is 98.5 Å². The molecular formula is C43H44P2+2. The van der Waals surface area contributed by atoms with Crippen LogP contribution in [0.15, 0.2) is 182 Å². The van der Waals surface area contributed by atoms with Gasteiger partial charge >= 0.3 is 0 Å². The maximum atomic E-state index is 2.37. The van der Waals surface area contributed by atoms with Gasteiger partial charge in [0.15, 0.2) is 0 Å². The lowest BCUT2D eigenvalue weighted by Crippen LogP contribution is -2.33. The Morgan fingerprint density at radius 3 is 0.600 bits per heavy atom. The minimum atomic E-state index is -1.75. The van der Waals surface area contributed by atoms with Gasteiger partial charge < -0.3 is 0 Å². The first kappa shape index (κ1) is 31.2. The van der Waals surface area contributed by atoms with Crippen molar-refractivity contribution in [2.45, 2.75) is 32.1 Å². The maximum Gasteiger partial charge on any atom is 0.112 e. The molecule has 224 valence electrons. The van der Waals surface area contributed by atoms with E-state index in [0.717, 1.165) is 0 Å². The summed E-state index contributed by atoms with van der Waals surface area (Å²) in [7, 11) is -3.50.